The van der Waals surface area contributed by atoms with E-state index in [-0.39, 0.29) is 0 Å². The van der Waals surface area contributed by atoms with Crippen molar-refractivity contribution in [3.63, 3.8) is 0 Å². The van der Waals surface area contributed by atoms with Crippen molar-refractivity contribution in [1.29, 1.82) is 0 Å². The minimum Gasteiger partial charge on any atom is -0.246 e. The van der Waals surface area contributed by atoms with Gasteiger partial charge in [0.2, 0.25) is 0 Å². The van der Waals surface area contributed by atoms with E-state index >= 15 is 0 Å². The maximum Gasteiger partial charge on any atom is 0.0372 e. The fourth-order valence-corrected chi connectivity index (χ4v) is 0.175. The first-order chi connectivity index (χ1) is 3.27. The van der Waals surface area contributed by atoms with E-state index in [9.17, 15) is 0 Å². The predicted octanol–water partition coefficient (Wildman–Crippen LogP) is 1.42. The number of hydrogen-bond donors (Lipinski definition) is 0. The van der Waals surface area contributed by atoms with Crippen molar-refractivity contribution < 1.29 is 0 Å². The van der Waals surface area contributed by atoms with Crippen LogP contribution in [0.3, 0.4) is 0 Å². The molecule has 0 radical (unpaired) electrons. The second kappa shape index (κ2) is 3.38. The Morgan fingerprint density at radius 3 is 2.57 bits per heavy atom. The molecule has 7 heavy (non-hydrogen) atoms. The fraction of sp³-hybridized carbons (Fsp3) is 0.333. The van der Waals surface area contributed by atoms with Crippen molar-refractivity contribution in [3.8, 4) is 0 Å². The van der Waals surface area contributed by atoms with Crippen molar-refractivity contribution in [2.24, 2.45) is 4.99 Å². The maximum absolute atomic E-state index is 3.61. The highest BCUT2D eigenvalue weighted by Crippen LogP contribution is 1.81. The smallest absolute Gasteiger partial charge is 0.0372 e. The Morgan fingerprint density at radius 2 is 2.43 bits per heavy atom. The van der Waals surface area contributed by atoms with Crippen LogP contribution in [0.4, 0.5) is 0 Å². The Bertz CT molecular complexity index is 116. The first-order valence-electron chi connectivity index (χ1n) is 2.10. The van der Waals surface area contributed by atoms with Crippen LogP contribution in [0, 0.1) is 0 Å². The average Bonchev–Trinajstić information content (AvgIpc) is 1.61. The largest absolute Gasteiger partial charge is 0.246 e. The third-order valence-corrected chi connectivity index (χ3v) is 0.440. The van der Waals surface area contributed by atoms with Gasteiger partial charge in [-0.1, -0.05) is 6.58 Å². The number of nitrogens with zero attached hydrogens (tertiary/aromatic N) is 1. The molecule has 0 unspecified atom stereocenters. The lowest BCUT2D eigenvalue weighted by atomic mass is 10.4. The van der Waals surface area contributed by atoms with Gasteiger partial charge in [-0.15, -0.1) is 0 Å². The Balaban J connectivity index is 3.70. The lowest BCUT2D eigenvalue weighted by Crippen LogP contribution is -1.59. The summed E-state index contributed by atoms with van der Waals surface area (Å²) in [6.07, 6.45) is 1.74. The lowest BCUT2D eigenvalue weighted by Gasteiger charge is -1.72. The van der Waals surface area contributed by atoms with Gasteiger partial charge in [0.1, 0.15) is 0 Å². The zero-order valence-electron chi connectivity index (χ0n) is 4.73. The Hall–Kier alpha value is -0.810. The van der Waals surface area contributed by atoms with Crippen molar-refractivity contribution in [1.82, 2.24) is 0 Å². The van der Waals surface area contributed by atoms with Crippen LogP contribution < -0.4 is 0 Å². The molecule has 0 N–H and O–H groups in total. The molecule has 0 aliphatic rings. The molecule has 0 aromatic heterocycles. The van der Waals surface area contributed by atoms with E-state index in [1.165, 1.54) is 0 Å². The van der Waals surface area contributed by atoms with E-state index in [1.807, 2.05) is 6.92 Å². The first kappa shape index (κ1) is 6.19. The van der Waals surface area contributed by atoms with Crippen LogP contribution in [-0.2, 0) is 0 Å². The molecule has 1 heteroatoms. The van der Waals surface area contributed by atoms with E-state index in [0.717, 1.165) is 5.57 Å². The molecule has 0 saturated heterocycles. The van der Waals surface area contributed by atoms with Gasteiger partial charge in [-0.3, -0.25) is 0 Å². The highest BCUT2D eigenvalue weighted by atomic mass is 14.6. The lowest BCUT2D eigenvalue weighted by molar-refractivity contribution is 1.48. The maximum atomic E-state index is 3.61. The molecule has 0 fully saturated rings. The summed E-state index contributed by atoms with van der Waals surface area (Å²) in [6.45, 7) is 5.52. The summed E-state index contributed by atoms with van der Waals surface area (Å²) >= 11 is 0. The molecule has 0 saturated carbocycles. The van der Waals surface area contributed by atoms with E-state index in [0.29, 0.717) is 0 Å². The van der Waals surface area contributed by atoms with E-state index in [1.54, 1.807) is 13.1 Å². The number of rotatable bonds is 1. The molecule has 0 amide bonds. The second-order valence-electron chi connectivity index (χ2n) is 1.34. The third kappa shape index (κ3) is 5.19. The van der Waals surface area contributed by atoms with E-state index in [2.05, 4.69) is 17.4 Å². The van der Waals surface area contributed by atoms with Gasteiger partial charge < -0.3 is 0 Å². The second-order valence-corrected chi connectivity index (χ2v) is 1.34. The summed E-state index contributed by atoms with van der Waals surface area (Å²) in [5.41, 5.74) is 0.977. The zero-order chi connectivity index (χ0) is 5.70. The van der Waals surface area contributed by atoms with Crippen LogP contribution in [0.1, 0.15) is 6.92 Å². The molecule has 0 aliphatic heterocycles. The van der Waals surface area contributed by atoms with Crippen LogP contribution in [0.15, 0.2) is 23.2 Å². The van der Waals surface area contributed by atoms with Gasteiger partial charge in [0.15, 0.2) is 0 Å². The molecule has 0 aromatic carbocycles. The average molecular weight is 95.1 g/mol. The van der Waals surface area contributed by atoms with Gasteiger partial charge in [-0.05, 0) is 18.4 Å². The van der Waals surface area contributed by atoms with E-state index in [4.69, 9.17) is 0 Å². The molecular formula is C6H9N. The van der Waals surface area contributed by atoms with Gasteiger partial charge >= 0.3 is 0 Å². The Morgan fingerprint density at radius 1 is 1.86 bits per heavy atom. The summed E-state index contributed by atoms with van der Waals surface area (Å²) < 4.78 is 0. The zero-order valence-corrected chi connectivity index (χ0v) is 4.73. The standard InChI is InChI=1S/C6H9N/c1-6(2)4-5-7-3/h4H,1H2,2-3H3. The quantitative estimate of drug-likeness (QED) is 0.345. The number of allylic oxidation sites excluding steroid dienone is 2. The summed E-state index contributed by atoms with van der Waals surface area (Å²) in [4.78, 5) is 3.61. The molecule has 38 valence electrons. The molecule has 0 aromatic rings. The summed E-state index contributed by atoms with van der Waals surface area (Å²) in [5, 5.41) is 0. The molecule has 0 aliphatic carbocycles. The molecule has 0 spiro atoms. The van der Waals surface area contributed by atoms with Gasteiger partial charge in [0.25, 0.3) is 0 Å². The van der Waals surface area contributed by atoms with Crippen molar-refractivity contribution in [3.05, 3.63) is 18.2 Å². The summed E-state index contributed by atoms with van der Waals surface area (Å²) in [6, 6.07) is 0. The van der Waals surface area contributed by atoms with Crippen LogP contribution in [0.25, 0.3) is 0 Å². The van der Waals surface area contributed by atoms with Crippen molar-refractivity contribution in [2.75, 3.05) is 7.05 Å². The molecular weight excluding hydrogens is 86.1 g/mol. The van der Waals surface area contributed by atoms with Gasteiger partial charge in [0, 0.05) is 13.1 Å². The third-order valence-electron chi connectivity index (χ3n) is 0.440. The van der Waals surface area contributed by atoms with Crippen LogP contribution in [-0.4, -0.2) is 12.9 Å². The SMILES string of the molecule is C=C(C)C=C=NC. The van der Waals surface area contributed by atoms with Crippen molar-refractivity contribution >= 4 is 5.87 Å². The van der Waals surface area contributed by atoms with Crippen molar-refractivity contribution in [2.45, 2.75) is 6.92 Å². The molecule has 0 bridgehead atoms. The van der Waals surface area contributed by atoms with Crippen LogP contribution >= 0.6 is 0 Å². The first-order valence-corrected chi connectivity index (χ1v) is 2.10. The van der Waals surface area contributed by atoms with Crippen LogP contribution in [0.2, 0.25) is 0 Å². The highest BCUT2D eigenvalue weighted by molar-refractivity contribution is 5.56. The summed E-state index contributed by atoms with van der Waals surface area (Å²) in [7, 11) is 1.68. The molecule has 0 rings (SSSR count). The van der Waals surface area contributed by atoms with Gasteiger partial charge in [0.05, 0.1) is 0 Å². The Labute approximate surface area is 44.1 Å². The number of hydrogen-bond acceptors (Lipinski definition) is 1. The monoisotopic (exact) mass is 95.1 g/mol. The minimum absolute atomic E-state index is 0.977. The normalized spacial score (nSPS) is 6.57. The van der Waals surface area contributed by atoms with E-state index < -0.39 is 0 Å². The minimum atomic E-state index is 0.977. The topological polar surface area (TPSA) is 12.4 Å². The molecule has 0 atom stereocenters. The summed E-state index contributed by atoms with van der Waals surface area (Å²) in [5.74, 6) is 2.65. The fourth-order valence-electron chi connectivity index (χ4n) is 0.175. The Kier molecular flexibility index (Phi) is 2.99. The highest BCUT2D eigenvalue weighted by Gasteiger charge is 1.64. The predicted molar refractivity (Wildman–Crippen MR) is 32.7 cm³/mol. The molecule has 1 nitrogen and oxygen atoms in total. The van der Waals surface area contributed by atoms with Gasteiger partial charge in [-0.2, -0.15) is 0 Å². The number of aliphatic imine (C=N–C) groups is 1. The van der Waals surface area contributed by atoms with Gasteiger partial charge in [-0.25, -0.2) is 4.99 Å². The molecule has 0 heterocycles. The van der Waals surface area contributed by atoms with Crippen LogP contribution in [0.5, 0.6) is 0 Å².